The summed E-state index contributed by atoms with van der Waals surface area (Å²) in [6.45, 7) is 6.31. The molecule has 0 spiro atoms. The molecule has 2 rings (SSSR count). The Morgan fingerprint density at radius 1 is 0.704 bits per heavy atom. The molecule has 2 fully saturated rings. The second-order valence-electron chi connectivity index (χ2n) is 10.2. The minimum atomic E-state index is 0.859. The summed E-state index contributed by atoms with van der Waals surface area (Å²) in [6, 6.07) is 0.859. The quantitative estimate of drug-likeness (QED) is 0.478. The van der Waals surface area contributed by atoms with Crippen molar-refractivity contribution >= 4 is 0 Å². The number of rotatable bonds is 3. The van der Waals surface area contributed by atoms with Gasteiger partial charge in [-0.3, -0.25) is 0 Å². The van der Waals surface area contributed by atoms with Crippen molar-refractivity contribution in [2.75, 3.05) is 13.6 Å². The van der Waals surface area contributed by atoms with E-state index in [2.05, 4.69) is 25.8 Å². The Labute approximate surface area is 172 Å². The molecule has 0 N–H and O–H groups in total. The maximum absolute atomic E-state index is 2.80. The van der Waals surface area contributed by atoms with Gasteiger partial charge < -0.3 is 4.90 Å². The highest BCUT2D eigenvalue weighted by atomic mass is 15.1. The monoisotopic (exact) mass is 377 g/mol. The van der Waals surface area contributed by atoms with Crippen LogP contribution in [0, 0.1) is 17.8 Å². The van der Waals surface area contributed by atoms with Gasteiger partial charge in [-0.25, -0.2) is 0 Å². The van der Waals surface area contributed by atoms with Gasteiger partial charge in [0, 0.05) is 6.04 Å². The highest BCUT2D eigenvalue weighted by Gasteiger charge is 2.29. The molecular formula is C26H51N. The Balaban J connectivity index is 2.08. The maximum atomic E-state index is 2.80. The van der Waals surface area contributed by atoms with Gasteiger partial charge in [0.05, 0.1) is 0 Å². The van der Waals surface area contributed by atoms with Crippen LogP contribution in [0.2, 0.25) is 0 Å². The lowest BCUT2D eigenvalue weighted by atomic mass is 9.75. The smallest absolute Gasteiger partial charge is 0.0121 e. The van der Waals surface area contributed by atoms with Crippen LogP contribution in [0.4, 0.5) is 0 Å². The summed E-state index contributed by atoms with van der Waals surface area (Å²) < 4.78 is 0. The zero-order valence-electron chi connectivity index (χ0n) is 19.2. The number of nitrogens with zero attached hydrogens (tertiary/aromatic N) is 1. The second-order valence-corrected chi connectivity index (χ2v) is 10.2. The van der Waals surface area contributed by atoms with Crippen molar-refractivity contribution in [1.29, 1.82) is 0 Å². The third-order valence-corrected chi connectivity index (χ3v) is 8.08. The molecule has 4 atom stereocenters. The third-order valence-electron chi connectivity index (χ3n) is 8.08. The van der Waals surface area contributed by atoms with Crippen LogP contribution in [0.3, 0.4) is 0 Å². The Morgan fingerprint density at radius 2 is 1.22 bits per heavy atom. The topological polar surface area (TPSA) is 3.24 Å². The van der Waals surface area contributed by atoms with Gasteiger partial charge in [-0.05, 0) is 57.0 Å². The molecule has 2 aliphatic rings. The Kier molecular flexibility index (Phi) is 12.1. The van der Waals surface area contributed by atoms with Gasteiger partial charge >= 0.3 is 0 Å². The van der Waals surface area contributed by atoms with E-state index in [1.54, 1.807) is 0 Å². The van der Waals surface area contributed by atoms with Crippen LogP contribution in [-0.4, -0.2) is 24.5 Å². The first-order valence-corrected chi connectivity index (χ1v) is 12.9. The van der Waals surface area contributed by atoms with Gasteiger partial charge in [-0.2, -0.15) is 0 Å². The van der Waals surface area contributed by atoms with Crippen LogP contribution in [-0.2, 0) is 0 Å². The van der Waals surface area contributed by atoms with Crippen molar-refractivity contribution < 1.29 is 0 Å². The van der Waals surface area contributed by atoms with Crippen molar-refractivity contribution in [1.82, 2.24) is 4.90 Å². The minimum Gasteiger partial charge on any atom is -0.303 e. The molecule has 27 heavy (non-hydrogen) atoms. The molecule has 1 heteroatoms. The Hall–Kier alpha value is -0.0400. The molecular weight excluding hydrogens is 326 g/mol. The van der Waals surface area contributed by atoms with E-state index in [4.69, 9.17) is 0 Å². The number of hydrogen-bond donors (Lipinski definition) is 0. The van der Waals surface area contributed by atoms with Gasteiger partial charge in [-0.15, -0.1) is 0 Å². The zero-order chi connectivity index (χ0) is 19.3. The summed E-state index contributed by atoms with van der Waals surface area (Å²) in [5.41, 5.74) is 0. The van der Waals surface area contributed by atoms with E-state index in [1.165, 1.54) is 122 Å². The first-order valence-electron chi connectivity index (χ1n) is 12.9. The third kappa shape index (κ3) is 8.88. The molecule has 0 aromatic carbocycles. The zero-order valence-corrected chi connectivity index (χ0v) is 19.2. The van der Waals surface area contributed by atoms with Gasteiger partial charge in [0.15, 0.2) is 0 Å². The van der Waals surface area contributed by atoms with Gasteiger partial charge in [0.2, 0.25) is 0 Å². The standard InChI is InChI=1S/C26H51N/c1-4-23(2)24-18-14-10-6-5-7-11-15-19-25(22-24)26-20-16-12-8-9-13-17-21-27(26)3/h23-26H,4-22H2,1-3H3. The molecule has 1 aliphatic heterocycles. The van der Waals surface area contributed by atoms with Crippen molar-refractivity contribution in [3.63, 3.8) is 0 Å². The van der Waals surface area contributed by atoms with Crippen LogP contribution >= 0.6 is 0 Å². The highest BCUT2D eigenvalue weighted by Crippen LogP contribution is 2.35. The largest absolute Gasteiger partial charge is 0.303 e. The molecule has 0 bridgehead atoms. The lowest BCUT2D eigenvalue weighted by Gasteiger charge is -2.39. The van der Waals surface area contributed by atoms with E-state index < -0.39 is 0 Å². The molecule has 1 saturated carbocycles. The molecule has 0 radical (unpaired) electrons. The minimum absolute atomic E-state index is 0.859. The van der Waals surface area contributed by atoms with Crippen molar-refractivity contribution in [2.45, 2.75) is 135 Å². The predicted molar refractivity (Wildman–Crippen MR) is 121 cm³/mol. The molecule has 160 valence electrons. The van der Waals surface area contributed by atoms with E-state index in [0.29, 0.717) is 0 Å². The summed E-state index contributed by atoms with van der Waals surface area (Å²) >= 11 is 0. The van der Waals surface area contributed by atoms with Crippen LogP contribution in [0.15, 0.2) is 0 Å². The molecule has 0 aromatic heterocycles. The maximum Gasteiger partial charge on any atom is 0.0121 e. The summed E-state index contributed by atoms with van der Waals surface area (Å²) in [4.78, 5) is 2.80. The molecule has 1 aliphatic carbocycles. The summed E-state index contributed by atoms with van der Waals surface area (Å²) in [6.07, 6.45) is 26.6. The fraction of sp³-hybridized carbons (Fsp3) is 1.00. The predicted octanol–water partition coefficient (Wildman–Crippen LogP) is 8.22. The molecule has 1 heterocycles. The van der Waals surface area contributed by atoms with Crippen molar-refractivity contribution in [2.24, 2.45) is 17.8 Å². The van der Waals surface area contributed by atoms with E-state index in [1.807, 2.05) is 0 Å². The van der Waals surface area contributed by atoms with Crippen molar-refractivity contribution in [3.8, 4) is 0 Å². The Bertz CT molecular complexity index is 352. The van der Waals surface area contributed by atoms with Gasteiger partial charge in [0.25, 0.3) is 0 Å². The first-order chi connectivity index (χ1) is 13.2. The summed E-state index contributed by atoms with van der Waals surface area (Å²) in [5.74, 6) is 2.84. The van der Waals surface area contributed by atoms with E-state index in [0.717, 1.165) is 23.8 Å². The highest BCUT2D eigenvalue weighted by molar-refractivity contribution is 4.82. The summed E-state index contributed by atoms with van der Waals surface area (Å²) in [7, 11) is 2.46. The van der Waals surface area contributed by atoms with Gasteiger partial charge in [-0.1, -0.05) is 104 Å². The molecule has 1 nitrogen and oxygen atoms in total. The normalized spacial score (nSPS) is 32.8. The lowest BCUT2D eigenvalue weighted by molar-refractivity contribution is 0.114. The summed E-state index contributed by atoms with van der Waals surface area (Å²) in [5, 5.41) is 0. The van der Waals surface area contributed by atoms with Crippen LogP contribution in [0.5, 0.6) is 0 Å². The molecule has 0 amide bonds. The fourth-order valence-corrected chi connectivity index (χ4v) is 5.92. The molecule has 4 unspecified atom stereocenters. The fourth-order valence-electron chi connectivity index (χ4n) is 5.92. The molecule has 0 aromatic rings. The van der Waals surface area contributed by atoms with Crippen molar-refractivity contribution in [3.05, 3.63) is 0 Å². The van der Waals surface area contributed by atoms with E-state index in [9.17, 15) is 0 Å². The number of hydrogen-bond acceptors (Lipinski definition) is 1. The van der Waals surface area contributed by atoms with Gasteiger partial charge in [0.1, 0.15) is 0 Å². The van der Waals surface area contributed by atoms with Crippen LogP contribution in [0.25, 0.3) is 0 Å². The van der Waals surface area contributed by atoms with E-state index in [-0.39, 0.29) is 0 Å². The van der Waals surface area contributed by atoms with E-state index >= 15 is 0 Å². The first kappa shape index (κ1) is 23.2. The molecule has 1 saturated heterocycles. The second kappa shape index (κ2) is 14.0. The lowest BCUT2D eigenvalue weighted by Crippen LogP contribution is -2.40. The average Bonchev–Trinajstić information content (AvgIpc) is 2.67. The van der Waals surface area contributed by atoms with Crippen LogP contribution < -0.4 is 0 Å². The SMILES string of the molecule is CCC(C)C1CCCCCCCCCC(C2CCCCCCCCN2C)C1. The van der Waals surface area contributed by atoms with Crippen LogP contribution in [0.1, 0.15) is 129 Å². The Morgan fingerprint density at radius 3 is 1.85 bits per heavy atom. The average molecular weight is 378 g/mol.